The van der Waals surface area contributed by atoms with Crippen LogP contribution in [0.2, 0.25) is 0 Å². The van der Waals surface area contributed by atoms with Crippen molar-refractivity contribution < 1.29 is 9.53 Å². The summed E-state index contributed by atoms with van der Waals surface area (Å²) in [4.78, 5) is 12.3. The first-order valence-corrected chi connectivity index (χ1v) is 7.88. The summed E-state index contributed by atoms with van der Waals surface area (Å²) in [6.45, 7) is 1.25. The van der Waals surface area contributed by atoms with Crippen LogP contribution in [0.15, 0.2) is 42.7 Å². The number of aromatic nitrogens is 2. The van der Waals surface area contributed by atoms with Crippen LogP contribution in [0.4, 0.5) is 10.5 Å². The number of nitrogens with zero attached hydrogens (tertiary/aromatic N) is 2. The van der Waals surface area contributed by atoms with Crippen LogP contribution in [0.3, 0.4) is 0 Å². The van der Waals surface area contributed by atoms with Gasteiger partial charge in [0.05, 0.1) is 30.6 Å². The predicted octanol–water partition coefficient (Wildman–Crippen LogP) is 2.73. The summed E-state index contributed by atoms with van der Waals surface area (Å²) in [6.07, 6.45) is 6.51. The number of nitrogens with one attached hydrogen (secondary N) is 2. The van der Waals surface area contributed by atoms with E-state index in [4.69, 9.17) is 4.74 Å². The molecule has 1 heterocycles. The lowest BCUT2D eigenvalue weighted by Crippen LogP contribution is -2.52. The van der Waals surface area contributed by atoms with E-state index in [9.17, 15) is 4.79 Å². The second-order valence-corrected chi connectivity index (χ2v) is 5.87. The molecule has 1 aliphatic rings. The van der Waals surface area contributed by atoms with Gasteiger partial charge in [-0.25, -0.2) is 4.79 Å². The molecule has 2 N–H and O–H groups in total. The SMILES string of the molecule is COCCn1cc(NC(=O)NC2(c3ccccc3)CCC2)cn1. The topological polar surface area (TPSA) is 68.2 Å². The number of benzene rings is 1. The van der Waals surface area contributed by atoms with Gasteiger partial charge in [-0.3, -0.25) is 4.68 Å². The van der Waals surface area contributed by atoms with Gasteiger partial charge >= 0.3 is 6.03 Å². The summed E-state index contributed by atoms with van der Waals surface area (Å²) in [7, 11) is 1.65. The van der Waals surface area contributed by atoms with E-state index in [1.165, 1.54) is 0 Å². The Morgan fingerprint density at radius 2 is 2.13 bits per heavy atom. The summed E-state index contributed by atoms with van der Waals surface area (Å²) in [5, 5.41) is 10.2. The van der Waals surface area contributed by atoms with E-state index in [1.54, 1.807) is 24.2 Å². The molecule has 6 nitrogen and oxygen atoms in total. The van der Waals surface area contributed by atoms with Crippen LogP contribution in [-0.2, 0) is 16.8 Å². The van der Waals surface area contributed by atoms with Crippen molar-refractivity contribution in [3.63, 3.8) is 0 Å². The lowest BCUT2D eigenvalue weighted by Gasteiger charge is -2.43. The Kier molecular flexibility index (Phi) is 4.62. The van der Waals surface area contributed by atoms with Gasteiger partial charge in [-0.2, -0.15) is 5.10 Å². The molecule has 1 saturated carbocycles. The zero-order valence-corrected chi connectivity index (χ0v) is 13.3. The molecule has 23 heavy (non-hydrogen) atoms. The van der Waals surface area contributed by atoms with E-state index >= 15 is 0 Å². The fourth-order valence-electron chi connectivity index (χ4n) is 2.89. The molecule has 0 saturated heterocycles. The number of anilines is 1. The average Bonchev–Trinajstić information content (AvgIpc) is 2.97. The molecule has 0 aliphatic heterocycles. The molecule has 2 aromatic rings. The average molecular weight is 314 g/mol. The minimum absolute atomic E-state index is 0.195. The third kappa shape index (κ3) is 3.53. The van der Waals surface area contributed by atoms with Gasteiger partial charge in [0.25, 0.3) is 0 Å². The standard InChI is InChI=1S/C17H22N4O2/c1-23-11-10-21-13-15(12-18-21)19-16(22)20-17(8-5-9-17)14-6-3-2-4-7-14/h2-4,6-7,12-13H,5,8-11H2,1H3,(H2,19,20,22). The minimum Gasteiger partial charge on any atom is -0.383 e. The van der Waals surface area contributed by atoms with Crippen LogP contribution in [0.5, 0.6) is 0 Å². The Balaban J connectivity index is 1.61. The molecule has 0 radical (unpaired) electrons. The van der Waals surface area contributed by atoms with Gasteiger partial charge in [-0.1, -0.05) is 30.3 Å². The smallest absolute Gasteiger partial charge is 0.320 e. The zero-order valence-electron chi connectivity index (χ0n) is 13.3. The Bertz CT molecular complexity index is 650. The first-order valence-electron chi connectivity index (χ1n) is 7.88. The quantitative estimate of drug-likeness (QED) is 0.861. The van der Waals surface area contributed by atoms with Crippen LogP contribution in [0, 0.1) is 0 Å². The molecule has 0 unspecified atom stereocenters. The van der Waals surface area contributed by atoms with Crippen molar-refractivity contribution in [1.82, 2.24) is 15.1 Å². The monoisotopic (exact) mass is 314 g/mol. The van der Waals surface area contributed by atoms with Gasteiger partial charge in [0, 0.05) is 13.3 Å². The largest absolute Gasteiger partial charge is 0.383 e. The van der Waals surface area contributed by atoms with E-state index in [1.807, 2.05) is 18.2 Å². The third-order valence-electron chi connectivity index (χ3n) is 4.30. The summed E-state index contributed by atoms with van der Waals surface area (Å²) >= 11 is 0. The maximum atomic E-state index is 12.3. The molecule has 2 amide bonds. The molecule has 1 aromatic carbocycles. The van der Waals surface area contributed by atoms with Gasteiger partial charge in [0.2, 0.25) is 0 Å². The second kappa shape index (κ2) is 6.83. The minimum atomic E-state index is -0.239. The Labute approximate surface area is 135 Å². The number of urea groups is 1. The fourth-order valence-corrected chi connectivity index (χ4v) is 2.89. The summed E-state index contributed by atoms with van der Waals surface area (Å²) < 4.78 is 6.76. The highest BCUT2D eigenvalue weighted by atomic mass is 16.5. The highest BCUT2D eigenvalue weighted by Gasteiger charge is 2.39. The molecular weight excluding hydrogens is 292 g/mol. The lowest BCUT2D eigenvalue weighted by atomic mass is 9.72. The Morgan fingerprint density at radius 3 is 2.78 bits per heavy atom. The van der Waals surface area contributed by atoms with E-state index in [-0.39, 0.29) is 11.6 Å². The van der Waals surface area contributed by atoms with Crippen molar-refractivity contribution in [3.8, 4) is 0 Å². The van der Waals surface area contributed by atoms with Crippen LogP contribution in [0.1, 0.15) is 24.8 Å². The van der Waals surface area contributed by atoms with Crippen LogP contribution in [0.25, 0.3) is 0 Å². The molecule has 1 aliphatic carbocycles. The van der Waals surface area contributed by atoms with Crippen molar-refractivity contribution in [2.45, 2.75) is 31.3 Å². The number of rotatable bonds is 6. The third-order valence-corrected chi connectivity index (χ3v) is 4.30. The molecule has 6 heteroatoms. The number of hydrogen-bond acceptors (Lipinski definition) is 3. The maximum absolute atomic E-state index is 12.3. The summed E-state index contributed by atoms with van der Waals surface area (Å²) in [6, 6.07) is 9.96. The summed E-state index contributed by atoms with van der Waals surface area (Å²) in [5.74, 6) is 0. The maximum Gasteiger partial charge on any atom is 0.320 e. The second-order valence-electron chi connectivity index (χ2n) is 5.87. The van der Waals surface area contributed by atoms with E-state index in [0.29, 0.717) is 18.8 Å². The molecule has 0 spiro atoms. The molecule has 0 atom stereocenters. The lowest BCUT2D eigenvalue weighted by molar-refractivity contribution is 0.183. The van der Waals surface area contributed by atoms with Crippen molar-refractivity contribution in [3.05, 3.63) is 48.3 Å². The van der Waals surface area contributed by atoms with Gasteiger partial charge in [0.1, 0.15) is 0 Å². The Morgan fingerprint density at radius 1 is 1.35 bits per heavy atom. The molecule has 0 bridgehead atoms. The van der Waals surface area contributed by atoms with Crippen molar-refractivity contribution in [2.24, 2.45) is 0 Å². The summed E-state index contributed by atoms with van der Waals surface area (Å²) in [5.41, 5.74) is 1.61. The van der Waals surface area contributed by atoms with Crippen molar-refractivity contribution in [1.29, 1.82) is 0 Å². The van der Waals surface area contributed by atoms with Gasteiger partial charge < -0.3 is 15.4 Å². The van der Waals surface area contributed by atoms with Gasteiger partial charge in [-0.15, -0.1) is 0 Å². The number of carbonyl (C=O) groups excluding carboxylic acids is 1. The number of amides is 2. The van der Waals surface area contributed by atoms with Gasteiger partial charge in [-0.05, 0) is 24.8 Å². The predicted molar refractivity (Wildman–Crippen MR) is 88.2 cm³/mol. The number of carbonyl (C=O) groups is 1. The molecule has 122 valence electrons. The number of ether oxygens (including phenoxy) is 1. The highest BCUT2D eigenvalue weighted by molar-refractivity contribution is 5.89. The normalized spacial score (nSPS) is 15.7. The van der Waals surface area contributed by atoms with Crippen molar-refractivity contribution >= 4 is 11.7 Å². The highest BCUT2D eigenvalue weighted by Crippen LogP contribution is 2.41. The van der Waals surface area contributed by atoms with Crippen LogP contribution >= 0.6 is 0 Å². The first kappa shape index (κ1) is 15.6. The fraction of sp³-hybridized carbons (Fsp3) is 0.412. The van der Waals surface area contributed by atoms with Crippen LogP contribution in [-0.4, -0.2) is 29.5 Å². The molecule has 1 aromatic heterocycles. The van der Waals surface area contributed by atoms with E-state index in [0.717, 1.165) is 24.8 Å². The van der Waals surface area contributed by atoms with Crippen molar-refractivity contribution in [2.75, 3.05) is 19.0 Å². The first-order chi connectivity index (χ1) is 11.2. The van der Waals surface area contributed by atoms with Gasteiger partial charge in [0.15, 0.2) is 0 Å². The molecule has 1 fully saturated rings. The zero-order chi connectivity index (χ0) is 16.1. The number of hydrogen-bond donors (Lipinski definition) is 2. The molecular formula is C17H22N4O2. The number of methoxy groups -OCH3 is 1. The van der Waals surface area contributed by atoms with Crippen LogP contribution < -0.4 is 10.6 Å². The van der Waals surface area contributed by atoms with E-state index in [2.05, 4.69) is 27.9 Å². The molecule has 3 rings (SSSR count). The van der Waals surface area contributed by atoms with E-state index < -0.39 is 0 Å². The Hall–Kier alpha value is -2.34.